The number of rotatable bonds is 9. The van der Waals surface area contributed by atoms with E-state index in [1.807, 2.05) is 43.3 Å². The largest absolute Gasteiger partial charge is 0.379 e. The molecule has 7 nitrogen and oxygen atoms in total. The van der Waals surface area contributed by atoms with Gasteiger partial charge in [-0.1, -0.05) is 60.8 Å². The van der Waals surface area contributed by atoms with E-state index in [0.717, 1.165) is 37.2 Å². The van der Waals surface area contributed by atoms with Gasteiger partial charge in [-0.25, -0.2) is 0 Å². The number of hydrogen-bond acceptors (Lipinski definition) is 5. The third kappa shape index (κ3) is 6.58. The van der Waals surface area contributed by atoms with Gasteiger partial charge in [-0.05, 0) is 41.8 Å². The molecule has 2 aromatic carbocycles. The average Bonchev–Trinajstić information content (AvgIpc) is 2.89. The van der Waals surface area contributed by atoms with Crippen LogP contribution in [0.2, 0.25) is 10.0 Å². The predicted octanol–water partition coefficient (Wildman–Crippen LogP) is 4.25. The summed E-state index contributed by atoms with van der Waals surface area (Å²) in [6.45, 7) is 6.33. The molecule has 2 amide bonds. The summed E-state index contributed by atoms with van der Waals surface area (Å²) in [7, 11) is 0. The lowest BCUT2D eigenvalue weighted by Gasteiger charge is -2.45. The van der Waals surface area contributed by atoms with Crippen molar-refractivity contribution < 1.29 is 19.1 Å². The molecule has 4 rings (SSSR count). The molecule has 36 heavy (non-hydrogen) atoms. The Labute approximate surface area is 222 Å². The van der Waals surface area contributed by atoms with Crippen LogP contribution >= 0.6 is 23.2 Å². The summed E-state index contributed by atoms with van der Waals surface area (Å²) in [5.41, 5.74) is 1.74. The molecule has 2 aliphatic heterocycles. The molecule has 2 heterocycles. The molecule has 0 aliphatic carbocycles. The molecule has 1 unspecified atom stereocenters. The molecule has 0 saturated carbocycles. The molecule has 2 fully saturated rings. The first-order valence-corrected chi connectivity index (χ1v) is 13.2. The molecule has 2 saturated heterocycles. The number of nitrogens with one attached hydrogen (secondary N) is 1. The number of ether oxygens (including phenoxy) is 2. The van der Waals surface area contributed by atoms with Gasteiger partial charge in [0.25, 0.3) is 0 Å². The number of carbonyl (C=O) groups is 2. The van der Waals surface area contributed by atoms with Crippen molar-refractivity contribution in [2.45, 2.75) is 38.0 Å². The van der Waals surface area contributed by atoms with Gasteiger partial charge in [-0.2, -0.15) is 0 Å². The standard InChI is InChI=1S/C27H33Cl2N3O4/c1-2-3-23(27(34)30-12-13-31-14-16-35-17-15-31)32-24(33)18-36-26(20-6-10-22(29)11-7-20)25(32)19-4-8-21(28)9-5-19/h4-11,23,25-26H,2-3,12-18H2,1H3,(H,30,34)/t23?,25-,26+/m0/s1. The maximum atomic E-state index is 13.5. The van der Waals surface area contributed by atoms with E-state index >= 15 is 0 Å². The van der Waals surface area contributed by atoms with Crippen molar-refractivity contribution in [3.05, 3.63) is 69.7 Å². The molecule has 2 aliphatic rings. The summed E-state index contributed by atoms with van der Waals surface area (Å²) in [5.74, 6) is -0.351. The second-order valence-corrected chi connectivity index (χ2v) is 10.0. The predicted molar refractivity (Wildman–Crippen MR) is 140 cm³/mol. The first kappa shape index (κ1) is 26.9. The molecule has 2 aromatic rings. The van der Waals surface area contributed by atoms with Gasteiger partial charge in [0, 0.05) is 36.2 Å². The van der Waals surface area contributed by atoms with Crippen LogP contribution in [0.3, 0.4) is 0 Å². The van der Waals surface area contributed by atoms with Gasteiger partial charge >= 0.3 is 0 Å². The second-order valence-electron chi connectivity index (χ2n) is 9.13. The van der Waals surface area contributed by atoms with Crippen LogP contribution in [0.1, 0.15) is 43.0 Å². The van der Waals surface area contributed by atoms with Crippen molar-refractivity contribution >= 4 is 35.0 Å². The van der Waals surface area contributed by atoms with E-state index < -0.39 is 18.2 Å². The van der Waals surface area contributed by atoms with Crippen molar-refractivity contribution in [3.8, 4) is 0 Å². The minimum atomic E-state index is -0.619. The Bertz CT molecular complexity index is 1010. The fourth-order valence-corrected chi connectivity index (χ4v) is 5.12. The van der Waals surface area contributed by atoms with Crippen LogP contribution in [0.5, 0.6) is 0 Å². The van der Waals surface area contributed by atoms with Crippen LogP contribution in [0.25, 0.3) is 0 Å². The SMILES string of the molecule is CCCC(C(=O)NCCN1CCOCC1)N1C(=O)CO[C@H](c2ccc(Cl)cc2)[C@@H]1c1ccc(Cl)cc1. The zero-order valence-corrected chi connectivity index (χ0v) is 22.0. The Hall–Kier alpha value is -2.16. The Morgan fingerprint density at radius 1 is 1.03 bits per heavy atom. The van der Waals surface area contributed by atoms with Crippen LogP contribution in [-0.2, 0) is 19.1 Å². The second kappa shape index (κ2) is 12.9. The quantitative estimate of drug-likeness (QED) is 0.521. The van der Waals surface area contributed by atoms with Gasteiger partial charge in [0.2, 0.25) is 11.8 Å². The summed E-state index contributed by atoms with van der Waals surface area (Å²) in [5, 5.41) is 4.30. The number of benzene rings is 2. The molecule has 9 heteroatoms. The number of amides is 2. The van der Waals surface area contributed by atoms with Gasteiger partial charge in [0.05, 0.1) is 19.3 Å². The fourth-order valence-electron chi connectivity index (χ4n) is 4.87. The van der Waals surface area contributed by atoms with Gasteiger partial charge < -0.3 is 19.7 Å². The van der Waals surface area contributed by atoms with E-state index in [1.54, 1.807) is 17.0 Å². The normalized spacial score (nSPS) is 21.9. The van der Waals surface area contributed by atoms with E-state index in [0.29, 0.717) is 36.2 Å². The summed E-state index contributed by atoms with van der Waals surface area (Å²) < 4.78 is 11.5. The number of morpholine rings is 2. The maximum absolute atomic E-state index is 13.5. The summed E-state index contributed by atoms with van der Waals surface area (Å²) in [6.07, 6.45) is 0.846. The van der Waals surface area contributed by atoms with Crippen molar-refractivity contribution in [3.63, 3.8) is 0 Å². The van der Waals surface area contributed by atoms with E-state index in [1.165, 1.54) is 0 Å². The summed E-state index contributed by atoms with van der Waals surface area (Å²) >= 11 is 12.3. The highest BCUT2D eigenvalue weighted by atomic mass is 35.5. The lowest BCUT2D eigenvalue weighted by Crippen LogP contribution is -2.56. The molecular weight excluding hydrogens is 501 g/mol. The smallest absolute Gasteiger partial charge is 0.249 e. The van der Waals surface area contributed by atoms with Crippen molar-refractivity contribution in [1.29, 1.82) is 0 Å². The molecule has 3 atom stereocenters. The molecule has 0 spiro atoms. The van der Waals surface area contributed by atoms with Crippen LogP contribution in [0.15, 0.2) is 48.5 Å². The fraction of sp³-hybridized carbons (Fsp3) is 0.481. The number of nitrogens with zero attached hydrogens (tertiary/aromatic N) is 2. The molecule has 194 valence electrons. The van der Waals surface area contributed by atoms with Crippen molar-refractivity contribution in [2.24, 2.45) is 0 Å². The van der Waals surface area contributed by atoms with Crippen LogP contribution in [0, 0.1) is 0 Å². The lowest BCUT2D eigenvalue weighted by molar-refractivity contribution is -0.167. The topological polar surface area (TPSA) is 71.1 Å². The molecule has 0 aromatic heterocycles. The van der Waals surface area contributed by atoms with E-state index in [-0.39, 0.29) is 18.4 Å². The Kier molecular flexibility index (Phi) is 9.62. The Morgan fingerprint density at radius 3 is 2.25 bits per heavy atom. The summed E-state index contributed by atoms with van der Waals surface area (Å²) in [6, 6.07) is 13.7. The van der Waals surface area contributed by atoms with E-state index in [2.05, 4.69) is 10.2 Å². The van der Waals surface area contributed by atoms with Gasteiger partial charge in [0.1, 0.15) is 18.8 Å². The first-order valence-electron chi connectivity index (χ1n) is 12.5. The maximum Gasteiger partial charge on any atom is 0.249 e. The van der Waals surface area contributed by atoms with Crippen LogP contribution in [-0.4, -0.2) is 73.7 Å². The van der Waals surface area contributed by atoms with Crippen LogP contribution in [0.4, 0.5) is 0 Å². The lowest BCUT2D eigenvalue weighted by atomic mass is 9.90. The van der Waals surface area contributed by atoms with Crippen molar-refractivity contribution in [1.82, 2.24) is 15.1 Å². The van der Waals surface area contributed by atoms with E-state index in [9.17, 15) is 9.59 Å². The third-order valence-electron chi connectivity index (χ3n) is 6.70. The average molecular weight is 534 g/mol. The van der Waals surface area contributed by atoms with Gasteiger partial charge in [-0.15, -0.1) is 0 Å². The van der Waals surface area contributed by atoms with Crippen LogP contribution < -0.4 is 5.32 Å². The summed E-state index contributed by atoms with van der Waals surface area (Å²) in [4.78, 5) is 30.9. The zero-order chi connectivity index (χ0) is 25.5. The highest BCUT2D eigenvalue weighted by Crippen LogP contribution is 2.42. The first-order chi connectivity index (χ1) is 17.5. The molecule has 0 radical (unpaired) electrons. The van der Waals surface area contributed by atoms with E-state index in [4.69, 9.17) is 32.7 Å². The molecular formula is C27H33Cl2N3O4. The minimum absolute atomic E-state index is 0.0986. The molecule has 0 bridgehead atoms. The van der Waals surface area contributed by atoms with Crippen molar-refractivity contribution in [2.75, 3.05) is 46.0 Å². The number of hydrogen-bond donors (Lipinski definition) is 1. The highest BCUT2D eigenvalue weighted by Gasteiger charge is 2.44. The molecule has 1 N–H and O–H groups in total. The number of halogens is 2. The minimum Gasteiger partial charge on any atom is -0.379 e. The third-order valence-corrected chi connectivity index (χ3v) is 7.21. The Morgan fingerprint density at radius 2 is 1.64 bits per heavy atom. The Balaban J connectivity index is 1.61. The number of carbonyl (C=O) groups excluding carboxylic acids is 2. The monoisotopic (exact) mass is 533 g/mol. The highest BCUT2D eigenvalue weighted by molar-refractivity contribution is 6.30. The zero-order valence-electron chi connectivity index (χ0n) is 20.5. The van der Waals surface area contributed by atoms with Gasteiger partial charge in [0.15, 0.2) is 0 Å². The van der Waals surface area contributed by atoms with Gasteiger partial charge in [-0.3, -0.25) is 14.5 Å².